The highest BCUT2D eigenvalue weighted by Crippen LogP contribution is 2.31. The van der Waals surface area contributed by atoms with Gasteiger partial charge in [0.1, 0.15) is 5.75 Å². The van der Waals surface area contributed by atoms with Gasteiger partial charge in [-0.15, -0.1) is 0 Å². The average Bonchev–Trinajstić information content (AvgIpc) is 2.27. The molecule has 0 aliphatic rings. The van der Waals surface area contributed by atoms with E-state index in [1.54, 1.807) is 0 Å². The zero-order valence-electron chi connectivity index (χ0n) is 9.90. The Kier molecular flexibility index (Phi) is 7.17. The van der Waals surface area contributed by atoms with Gasteiger partial charge in [-0.05, 0) is 24.1 Å². The quantitative estimate of drug-likeness (QED) is 0.360. The second-order valence-corrected chi connectivity index (χ2v) is 10.4. The minimum Gasteiger partial charge on any atom is -0.494 e. The molecule has 0 fully saturated rings. The molecule has 0 atom stereocenters. The van der Waals surface area contributed by atoms with Crippen LogP contribution in [-0.4, -0.2) is 27.8 Å². The largest absolute Gasteiger partial charge is 0.494 e. The van der Waals surface area contributed by atoms with Gasteiger partial charge in [-0.3, -0.25) is 0 Å². The lowest BCUT2D eigenvalue weighted by atomic mass is 10.2. The van der Waals surface area contributed by atoms with Gasteiger partial charge in [-0.1, -0.05) is 57.3 Å². The second kappa shape index (κ2) is 7.85. The van der Waals surface area contributed by atoms with Crippen molar-refractivity contribution in [2.24, 2.45) is 0 Å². The van der Waals surface area contributed by atoms with Crippen molar-refractivity contribution in [3.63, 3.8) is 0 Å². The van der Waals surface area contributed by atoms with Crippen molar-refractivity contribution in [2.45, 2.75) is 8.35 Å². The first kappa shape index (κ1) is 16.4. The number of nitrogens with one attached hydrogen (secondary N) is 1. The summed E-state index contributed by atoms with van der Waals surface area (Å²) in [5, 5.41) is 0. The van der Waals surface area contributed by atoms with Crippen LogP contribution in [0.15, 0.2) is 24.3 Å². The lowest BCUT2D eigenvalue weighted by Crippen LogP contribution is -2.24. The monoisotopic (exact) mass is 495 g/mol. The fraction of sp³-hybridized carbons (Fsp3) is 0.455. The number of hydrogen-bond donors (Lipinski definition) is 1. The van der Waals surface area contributed by atoms with Crippen LogP contribution in [0.1, 0.15) is 13.9 Å². The number of benzene rings is 1. The number of hydrogen-bond acceptors (Lipinski definition) is 3. The van der Waals surface area contributed by atoms with Gasteiger partial charge < -0.3 is 4.74 Å². The zero-order valence-corrected chi connectivity index (χ0v) is 15.0. The fourth-order valence-corrected chi connectivity index (χ4v) is 2.57. The number of alkyl halides is 2. The third kappa shape index (κ3) is 7.10. The predicted octanol–water partition coefficient (Wildman–Crippen LogP) is 2.87. The molecule has 1 N–H and O–H groups in total. The molecule has 18 heavy (non-hydrogen) atoms. The SMILES string of the molecule is CS(=O)(=O)NCCCOc1ccc(C(I)I)cc1. The zero-order chi connectivity index (χ0) is 13.6. The topological polar surface area (TPSA) is 55.4 Å². The molecule has 1 aromatic carbocycles. The highest BCUT2D eigenvalue weighted by molar-refractivity contribution is 14.2. The lowest BCUT2D eigenvalue weighted by Gasteiger charge is -2.08. The van der Waals surface area contributed by atoms with Crippen LogP contribution in [0.4, 0.5) is 0 Å². The first-order valence-electron chi connectivity index (χ1n) is 5.34. The van der Waals surface area contributed by atoms with E-state index in [1.807, 2.05) is 24.3 Å². The highest BCUT2D eigenvalue weighted by Gasteiger charge is 2.02. The number of sulfonamides is 1. The molecule has 0 aliphatic carbocycles. The van der Waals surface area contributed by atoms with E-state index in [2.05, 4.69) is 49.9 Å². The molecule has 0 heterocycles. The van der Waals surface area contributed by atoms with E-state index >= 15 is 0 Å². The molecule has 4 nitrogen and oxygen atoms in total. The van der Waals surface area contributed by atoms with E-state index in [9.17, 15) is 8.42 Å². The Morgan fingerprint density at radius 1 is 1.28 bits per heavy atom. The van der Waals surface area contributed by atoms with E-state index in [4.69, 9.17) is 4.74 Å². The van der Waals surface area contributed by atoms with Crippen molar-refractivity contribution in [3.8, 4) is 5.75 Å². The van der Waals surface area contributed by atoms with Gasteiger partial charge in [0.05, 0.1) is 14.8 Å². The van der Waals surface area contributed by atoms with E-state index in [1.165, 1.54) is 5.56 Å². The first-order valence-corrected chi connectivity index (χ1v) is 9.72. The minimum atomic E-state index is -3.09. The minimum absolute atomic E-state index is 0.403. The molecule has 102 valence electrons. The molecular formula is C11H15I2NO3S. The van der Waals surface area contributed by atoms with Gasteiger partial charge in [0.25, 0.3) is 0 Å². The molecule has 0 spiro atoms. The van der Waals surface area contributed by atoms with Crippen molar-refractivity contribution in [1.29, 1.82) is 0 Å². The van der Waals surface area contributed by atoms with Gasteiger partial charge >= 0.3 is 0 Å². The Hall–Kier alpha value is 0.390. The second-order valence-electron chi connectivity index (χ2n) is 3.74. The summed E-state index contributed by atoms with van der Waals surface area (Å²) in [7, 11) is -3.09. The van der Waals surface area contributed by atoms with Crippen molar-refractivity contribution < 1.29 is 13.2 Å². The van der Waals surface area contributed by atoms with Crippen LogP contribution in [0, 0.1) is 0 Å². The van der Waals surface area contributed by atoms with Crippen molar-refractivity contribution >= 4 is 55.2 Å². The molecule has 0 bridgehead atoms. The van der Waals surface area contributed by atoms with E-state index < -0.39 is 10.0 Å². The van der Waals surface area contributed by atoms with Crippen molar-refractivity contribution in [1.82, 2.24) is 4.72 Å². The molecule has 1 aromatic rings. The molecule has 1 rings (SSSR count). The predicted molar refractivity (Wildman–Crippen MR) is 90.2 cm³/mol. The number of halogens is 2. The third-order valence-electron chi connectivity index (χ3n) is 2.09. The summed E-state index contributed by atoms with van der Waals surface area (Å²) in [5.41, 5.74) is 1.25. The number of rotatable bonds is 7. The van der Waals surface area contributed by atoms with Crippen LogP contribution in [0.25, 0.3) is 0 Å². The molecule has 0 amide bonds. The van der Waals surface area contributed by atoms with E-state index in [0.29, 0.717) is 21.5 Å². The Balaban J connectivity index is 2.27. The van der Waals surface area contributed by atoms with Crippen LogP contribution >= 0.6 is 45.2 Å². The Bertz CT molecular complexity index is 460. The number of ether oxygens (including phenoxy) is 1. The molecule has 7 heteroatoms. The Labute approximate surface area is 135 Å². The summed E-state index contributed by atoms with van der Waals surface area (Å²) in [6, 6.07) is 7.94. The standard InChI is InChI=1S/C11H15I2NO3S/c1-18(15,16)14-7-2-8-17-10-5-3-9(4-6-10)11(12)13/h3-6,11,14H,2,7-8H2,1H3. The summed E-state index contributed by atoms with van der Waals surface area (Å²) < 4.78 is 30.0. The normalized spacial score (nSPS) is 11.8. The average molecular weight is 495 g/mol. The van der Waals surface area contributed by atoms with Crippen LogP contribution in [0.3, 0.4) is 0 Å². The van der Waals surface area contributed by atoms with E-state index in [-0.39, 0.29) is 0 Å². The molecule has 0 unspecified atom stereocenters. The molecule has 0 aromatic heterocycles. The van der Waals surface area contributed by atoms with Crippen molar-refractivity contribution in [3.05, 3.63) is 29.8 Å². The van der Waals surface area contributed by atoms with Crippen molar-refractivity contribution in [2.75, 3.05) is 19.4 Å². The van der Waals surface area contributed by atoms with Crippen LogP contribution < -0.4 is 9.46 Å². The molecule has 0 aliphatic heterocycles. The summed E-state index contributed by atoms with van der Waals surface area (Å²) >= 11 is 4.70. The van der Waals surface area contributed by atoms with Crippen LogP contribution in [-0.2, 0) is 10.0 Å². The van der Waals surface area contributed by atoms with Crippen LogP contribution in [0.5, 0.6) is 5.75 Å². The lowest BCUT2D eigenvalue weighted by molar-refractivity contribution is 0.311. The van der Waals surface area contributed by atoms with Gasteiger partial charge in [0.15, 0.2) is 0 Å². The molecule has 0 saturated carbocycles. The van der Waals surface area contributed by atoms with Crippen LogP contribution in [0.2, 0.25) is 0 Å². The van der Waals surface area contributed by atoms with Gasteiger partial charge in [-0.25, -0.2) is 13.1 Å². The highest BCUT2D eigenvalue weighted by atomic mass is 127. The Morgan fingerprint density at radius 2 is 1.89 bits per heavy atom. The Morgan fingerprint density at radius 3 is 2.39 bits per heavy atom. The molecule has 0 saturated heterocycles. The summed E-state index contributed by atoms with van der Waals surface area (Å²) in [4.78, 5) is 0. The van der Waals surface area contributed by atoms with E-state index in [0.717, 1.165) is 12.0 Å². The van der Waals surface area contributed by atoms with Gasteiger partial charge in [0.2, 0.25) is 10.0 Å². The maximum Gasteiger partial charge on any atom is 0.208 e. The smallest absolute Gasteiger partial charge is 0.208 e. The summed E-state index contributed by atoms with van der Waals surface area (Å²) in [6.07, 6.45) is 1.80. The first-order chi connectivity index (χ1) is 8.38. The third-order valence-corrected chi connectivity index (χ3v) is 4.25. The fourth-order valence-electron chi connectivity index (χ4n) is 1.23. The summed E-state index contributed by atoms with van der Waals surface area (Å²) in [5.74, 6) is 0.812. The molecule has 0 radical (unpaired) electrons. The van der Waals surface area contributed by atoms with Gasteiger partial charge in [-0.2, -0.15) is 0 Å². The maximum atomic E-state index is 10.8. The maximum absolute atomic E-state index is 10.8. The summed E-state index contributed by atoms with van der Waals surface area (Å²) in [6.45, 7) is 0.903. The van der Waals surface area contributed by atoms with Gasteiger partial charge in [0, 0.05) is 6.54 Å². The molecular weight excluding hydrogens is 480 g/mol.